The van der Waals surface area contributed by atoms with E-state index in [-0.39, 0.29) is 0 Å². The van der Waals surface area contributed by atoms with Crippen molar-refractivity contribution in [1.29, 1.82) is 0 Å². The highest BCUT2D eigenvalue weighted by Gasteiger charge is 2.37. The van der Waals surface area contributed by atoms with Crippen LogP contribution < -0.4 is 0 Å². The van der Waals surface area contributed by atoms with Gasteiger partial charge < -0.3 is 9.47 Å². The molecule has 0 saturated carbocycles. The number of methoxy groups -OCH3 is 1. The zero-order chi connectivity index (χ0) is 21.2. The summed E-state index contributed by atoms with van der Waals surface area (Å²) in [6.07, 6.45) is 0.624. The average molecular weight is 416 g/mol. The maximum Gasteiger partial charge on any atom is 0.411 e. The van der Waals surface area contributed by atoms with Crippen LogP contribution in [0, 0.1) is 0 Å². The van der Waals surface area contributed by atoms with Crippen LogP contribution in [0.3, 0.4) is 0 Å². The molecule has 1 amide bonds. The van der Waals surface area contributed by atoms with E-state index in [0.29, 0.717) is 18.0 Å². The molecule has 1 atom stereocenters. The van der Waals surface area contributed by atoms with Crippen molar-refractivity contribution in [2.24, 2.45) is 0 Å². The number of esters is 1. The predicted octanol–water partition coefficient (Wildman–Crippen LogP) is 4.77. The molecule has 0 fully saturated rings. The lowest BCUT2D eigenvalue weighted by molar-refractivity contribution is -0.147. The quantitative estimate of drug-likeness (QED) is 0.678. The molecular weight excluding hydrogens is 390 g/mol. The number of nitrogens with zero attached hydrogens (tertiary/aromatic N) is 1. The maximum absolute atomic E-state index is 12.7. The first-order valence-electron chi connectivity index (χ1n) is 9.59. The van der Waals surface area contributed by atoms with E-state index in [4.69, 9.17) is 21.1 Å². The van der Waals surface area contributed by atoms with Crippen LogP contribution >= 0.6 is 11.6 Å². The number of rotatable bonds is 3. The van der Waals surface area contributed by atoms with Crippen molar-refractivity contribution in [1.82, 2.24) is 4.90 Å². The van der Waals surface area contributed by atoms with Crippen LogP contribution in [0.25, 0.3) is 0 Å². The number of carbonyl (C=O) groups excluding carboxylic acids is 2. The fourth-order valence-electron chi connectivity index (χ4n) is 3.49. The summed E-state index contributed by atoms with van der Waals surface area (Å²) < 4.78 is 10.4. The summed E-state index contributed by atoms with van der Waals surface area (Å²) in [5.41, 5.74) is 3.65. The second-order valence-electron chi connectivity index (χ2n) is 8.26. The van der Waals surface area contributed by atoms with Gasteiger partial charge in [0.25, 0.3) is 0 Å². The minimum Gasteiger partial charge on any atom is -0.467 e. The van der Waals surface area contributed by atoms with Crippen LogP contribution in [0.2, 0.25) is 5.02 Å². The molecule has 0 unspecified atom stereocenters. The third-order valence-electron chi connectivity index (χ3n) is 4.80. The van der Waals surface area contributed by atoms with Gasteiger partial charge in [-0.1, -0.05) is 41.9 Å². The van der Waals surface area contributed by atoms with Crippen molar-refractivity contribution in [2.45, 2.75) is 51.8 Å². The molecule has 0 spiro atoms. The summed E-state index contributed by atoms with van der Waals surface area (Å²) in [4.78, 5) is 26.5. The molecule has 0 aliphatic carbocycles. The standard InChI is InChI=1S/C23H26ClNO4/c1-23(2,3)29-22(27)25-14-17-9-8-16(10-15-6-5-7-19(24)12-15)11-18(17)13-20(25)21(26)28-4/h5-9,11-12,20H,10,13-14H2,1-4H3/t20-/m0/s1. The van der Waals surface area contributed by atoms with E-state index in [1.165, 1.54) is 12.0 Å². The van der Waals surface area contributed by atoms with Crippen LogP contribution in [0.1, 0.15) is 43.0 Å². The molecule has 6 heteroatoms. The Balaban J connectivity index is 1.86. The van der Waals surface area contributed by atoms with Gasteiger partial charge in [0.1, 0.15) is 11.6 Å². The van der Waals surface area contributed by atoms with Crippen LogP contribution in [0.15, 0.2) is 42.5 Å². The molecule has 2 aromatic carbocycles. The molecule has 5 nitrogen and oxygen atoms in total. The molecule has 1 aliphatic rings. The Morgan fingerprint density at radius 3 is 2.48 bits per heavy atom. The fraction of sp³-hybridized carbons (Fsp3) is 0.391. The summed E-state index contributed by atoms with van der Waals surface area (Å²) in [5, 5.41) is 0.708. The Bertz CT molecular complexity index is 919. The molecule has 3 rings (SSSR count). The van der Waals surface area contributed by atoms with Gasteiger partial charge in [-0.3, -0.25) is 4.90 Å². The lowest BCUT2D eigenvalue weighted by Crippen LogP contribution is -2.50. The van der Waals surface area contributed by atoms with Crippen LogP contribution in [-0.2, 0) is 33.7 Å². The highest BCUT2D eigenvalue weighted by atomic mass is 35.5. The zero-order valence-corrected chi connectivity index (χ0v) is 18.0. The number of amides is 1. The summed E-state index contributed by atoms with van der Waals surface area (Å²) >= 11 is 6.09. The van der Waals surface area contributed by atoms with Gasteiger partial charge >= 0.3 is 12.1 Å². The maximum atomic E-state index is 12.7. The third kappa shape index (κ3) is 5.30. The Labute approximate surface area is 176 Å². The van der Waals surface area contributed by atoms with E-state index in [1.54, 1.807) is 20.8 Å². The number of carbonyl (C=O) groups is 2. The molecule has 0 N–H and O–H groups in total. The first-order chi connectivity index (χ1) is 13.7. The molecule has 29 heavy (non-hydrogen) atoms. The van der Waals surface area contributed by atoms with Gasteiger partial charge in [-0.05, 0) is 61.6 Å². The Morgan fingerprint density at radius 2 is 1.83 bits per heavy atom. The minimum absolute atomic E-state index is 0.307. The molecule has 1 heterocycles. The summed E-state index contributed by atoms with van der Waals surface area (Å²) in [7, 11) is 1.33. The molecule has 0 saturated heterocycles. The van der Waals surface area contributed by atoms with Gasteiger partial charge in [-0.15, -0.1) is 0 Å². The van der Waals surface area contributed by atoms with Crippen LogP contribution in [0.5, 0.6) is 0 Å². The monoisotopic (exact) mass is 415 g/mol. The Hall–Kier alpha value is -2.53. The predicted molar refractivity (Wildman–Crippen MR) is 112 cm³/mol. The number of hydrogen-bond donors (Lipinski definition) is 0. The van der Waals surface area contributed by atoms with Gasteiger partial charge in [-0.25, -0.2) is 9.59 Å². The number of fused-ring (bicyclic) bond motifs is 1. The topological polar surface area (TPSA) is 55.8 Å². The van der Waals surface area contributed by atoms with Gasteiger partial charge in [-0.2, -0.15) is 0 Å². The SMILES string of the molecule is COC(=O)[C@@H]1Cc2cc(Cc3cccc(Cl)c3)ccc2CN1C(=O)OC(C)(C)C. The normalized spacial score (nSPS) is 16.2. The molecule has 154 valence electrons. The van der Waals surface area contributed by atoms with Crippen LogP contribution in [-0.4, -0.2) is 35.7 Å². The zero-order valence-electron chi connectivity index (χ0n) is 17.2. The van der Waals surface area contributed by atoms with Gasteiger partial charge in [0.15, 0.2) is 0 Å². The lowest BCUT2D eigenvalue weighted by Gasteiger charge is -2.36. The third-order valence-corrected chi connectivity index (χ3v) is 5.03. The fourth-order valence-corrected chi connectivity index (χ4v) is 3.70. The van der Waals surface area contributed by atoms with E-state index in [9.17, 15) is 9.59 Å². The van der Waals surface area contributed by atoms with Crippen molar-refractivity contribution in [2.75, 3.05) is 7.11 Å². The first kappa shape index (κ1) is 21.2. The molecule has 2 aromatic rings. The van der Waals surface area contributed by atoms with Gasteiger partial charge in [0, 0.05) is 11.4 Å². The number of benzene rings is 2. The minimum atomic E-state index is -0.705. The Kier molecular flexibility index (Phi) is 6.18. The van der Waals surface area contributed by atoms with E-state index in [1.807, 2.05) is 36.4 Å². The lowest BCUT2D eigenvalue weighted by atomic mass is 9.91. The van der Waals surface area contributed by atoms with Gasteiger partial charge in [0.05, 0.1) is 13.7 Å². The molecule has 0 radical (unpaired) electrons. The number of ether oxygens (including phenoxy) is 2. The van der Waals surface area contributed by atoms with E-state index < -0.39 is 23.7 Å². The second kappa shape index (κ2) is 8.46. The average Bonchev–Trinajstić information content (AvgIpc) is 2.65. The van der Waals surface area contributed by atoms with Gasteiger partial charge in [0.2, 0.25) is 0 Å². The summed E-state index contributed by atoms with van der Waals surface area (Å²) in [6.45, 7) is 5.72. The van der Waals surface area contributed by atoms with Crippen molar-refractivity contribution in [3.63, 3.8) is 0 Å². The number of halogens is 1. The smallest absolute Gasteiger partial charge is 0.411 e. The van der Waals surface area contributed by atoms with Crippen LogP contribution in [0.4, 0.5) is 4.79 Å². The highest BCUT2D eigenvalue weighted by Crippen LogP contribution is 2.28. The van der Waals surface area contributed by atoms with Crippen molar-refractivity contribution in [3.05, 3.63) is 69.7 Å². The van der Waals surface area contributed by atoms with E-state index in [2.05, 4.69) is 6.07 Å². The van der Waals surface area contributed by atoms with Crippen molar-refractivity contribution >= 4 is 23.7 Å². The van der Waals surface area contributed by atoms with Crippen molar-refractivity contribution < 1.29 is 19.1 Å². The van der Waals surface area contributed by atoms with Crippen molar-refractivity contribution in [3.8, 4) is 0 Å². The van der Waals surface area contributed by atoms with E-state index in [0.717, 1.165) is 28.7 Å². The summed E-state index contributed by atoms with van der Waals surface area (Å²) in [6, 6.07) is 13.2. The molecular formula is C23H26ClNO4. The summed E-state index contributed by atoms with van der Waals surface area (Å²) in [5.74, 6) is -0.443. The molecule has 0 bridgehead atoms. The number of hydrogen-bond acceptors (Lipinski definition) is 4. The molecule has 0 aromatic heterocycles. The second-order valence-corrected chi connectivity index (χ2v) is 8.70. The Morgan fingerprint density at radius 1 is 1.10 bits per heavy atom. The van der Waals surface area contributed by atoms with E-state index >= 15 is 0 Å². The first-order valence-corrected chi connectivity index (χ1v) is 9.96. The highest BCUT2D eigenvalue weighted by molar-refractivity contribution is 6.30. The molecule has 1 aliphatic heterocycles. The largest absolute Gasteiger partial charge is 0.467 e.